The Morgan fingerprint density at radius 3 is 2.54 bits per heavy atom. The van der Waals surface area contributed by atoms with Gasteiger partial charge in [-0.15, -0.1) is 0 Å². The van der Waals surface area contributed by atoms with Gasteiger partial charge in [-0.1, -0.05) is 0 Å². The molecule has 0 bridgehead atoms. The number of anilines is 1. The van der Waals surface area contributed by atoms with Gasteiger partial charge in [0.05, 0.1) is 40.1 Å². The monoisotopic (exact) mass is 318 g/mol. The third kappa shape index (κ3) is 1.96. The number of likely N-dealkylation sites (N-methyl/N-ethyl adjacent to an activating group) is 1. The minimum Gasteiger partial charge on any atom is -0.367 e. The molecule has 4 aromatic heterocycles. The van der Waals surface area contributed by atoms with Crippen LogP contribution in [0.15, 0.2) is 36.9 Å². The van der Waals surface area contributed by atoms with Gasteiger partial charge in [0.25, 0.3) is 0 Å². The van der Waals surface area contributed by atoms with Crippen LogP contribution in [-0.2, 0) is 0 Å². The fraction of sp³-hybridized carbons (Fsp3) is 0.278. The van der Waals surface area contributed by atoms with Crippen molar-refractivity contribution in [2.75, 3.05) is 38.1 Å². The van der Waals surface area contributed by atoms with Crippen molar-refractivity contribution in [3.63, 3.8) is 0 Å². The van der Waals surface area contributed by atoms with Gasteiger partial charge in [0.2, 0.25) is 0 Å². The van der Waals surface area contributed by atoms with Crippen LogP contribution in [0.5, 0.6) is 0 Å². The van der Waals surface area contributed by atoms with Gasteiger partial charge in [-0.2, -0.15) is 0 Å². The lowest BCUT2D eigenvalue weighted by Gasteiger charge is -2.34. The smallest absolute Gasteiger partial charge is 0.0988 e. The highest BCUT2D eigenvalue weighted by atomic mass is 15.3. The minimum absolute atomic E-state index is 0.941. The maximum absolute atomic E-state index is 4.88. The average molecular weight is 318 g/mol. The summed E-state index contributed by atoms with van der Waals surface area (Å²) >= 11 is 0. The van der Waals surface area contributed by atoms with Crippen molar-refractivity contribution >= 4 is 38.5 Å². The van der Waals surface area contributed by atoms with E-state index in [1.165, 1.54) is 5.69 Å². The normalized spacial score (nSPS) is 16.5. The number of pyridine rings is 3. The van der Waals surface area contributed by atoms with E-state index in [-0.39, 0.29) is 0 Å². The van der Waals surface area contributed by atoms with Gasteiger partial charge in [-0.05, 0) is 19.2 Å². The van der Waals surface area contributed by atoms with Crippen LogP contribution in [0.2, 0.25) is 0 Å². The lowest BCUT2D eigenvalue weighted by molar-refractivity contribution is 0.313. The molecule has 120 valence electrons. The predicted molar refractivity (Wildman–Crippen MR) is 96.4 cm³/mol. The summed E-state index contributed by atoms with van der Waals surface area (Å²) in [6, 6.07) is 4.09. The van der Waals surface area contributed by atoms with Crippen molar-refractivity contribution in [1.82, 2.24) is 24.8 Å². The molecule has 5 heterocycles. The lowest BCUT2D eigenvalue weighted by atomic mass is 10.1. The second kappa shape index (κ2) is 5.14. The summed E-state index contributed by atoms with van der Waals surface area (Å²) in [4.78, 5) is 21.8. The van der Waals surface area contributed by atoms with Crippen molar-refractivity contribution in [2.24, 2.45) is 0 Å². The van der Waals surface area contributed by atoms with E-state index < -0.39 is 0 Å². The molecule has 5 rings (SSSR count). The Kier molecular flexibility index (Phi) is 2.93. The Labute approximate surface area is 139 Å². The molecule has 0 saturated carbocycles. The van der Waals surface area contributed by atoms with Gasteiger partial charge in [-0.3, -0.25) is 9.97 Å². The van der Waals surface area contributed by atoms with Crippen LogP contribution >= 0.6 is 0 Å². The molecule has 6 heteroatoms. The second-order valence-electron chi connectivity index (χ2n) is 6.41. The third-order valence-electron chi connectivity index (χ3n) is 4.92. The van der Waals surface area contributed by atoms with Gasteiger partial charge in [0.1, 0.15) is 0 Å². The number of nitrogens with one attached hydrogen (secondary N) is 1. The minimum atomic E-state index is 0.941. The lowest BCUT2D eigenvalue weighted by Crippen LogP contribution is -2.44. The van der Waals surface area contributed by atoms with Gasteiger partial charge >= 0.3 is 0 Å². The highest BCUT2D eigenvalue weighted by Gasteiger charge is 2.21. The summed E-state index contributed by atoms with van der Waals surface area (Å²) in [5.41, 5.74) is 5.31. The predicted octanol–water partition coefficient (Wildman–Crippen LogP) is 2.41. The summed E-state index contributed by atoms with van der Waals surface area (Å²) in [6.07, 6.45) is 7.39. The van der Waals surface area contributed by atoms with Crippen molar-refractivity contribution in [2.45, 2.75) is 0 Å². The fourth-order valence-corrected chi connectivity index (χ4v) is 3.61. The van der Waals surface area contributed by atoms with E-state index in [0.29, 0.717) is 0 Å². The molecule has 0 amide bonds. The summed E-state index contributed by atoms with van der Waals surface area (Å²) in [5, 5.41) is 2.27. The van der Waals surface area contributed by atoms with Crippen molar-refractivity contribution in [3.05, 3.63) is 36.9 Å². The topological polar surface area (TPSA) is 60.9 Å². The summed E-state index contributed by atoms with van der Waals surface area (Å²) in [7, 11) is 2.18. The first-order valence-corrected chi connectivity index (χ1v) is 8.24. The van der Waals surface area contributed by atoms with Gasteiger partial charge in [-0.25, -0.2) is 4.98 Å². The van der Waals surface area contributed by atoms with Crippen LogP contribution in [0, 0.1) is 0 Å². The number of hydrogen-bond acceptors (Lipinski definition) is 5. The zero-order valence-corrected chi connectivity index (χ0v) is 13.5. The third-order valence-corrected chi connectivity index (χ3v) is 4.92. The summed E-state index contributed by atoms with van der Waals surface area (Å²) < 4.78 is 0. The van der Waals surface area contributed by atoms with Crippen LogP contribution < -0.4 is 4.90 Å². The highest BCUT2D eigenvalue weighted by molar-refractivity contribution is 6.15. The number of nitrogens with zero attached hydrogens (tertiary/aromatic N) is 5. The van der Waals surface area contributed by atoms with Crippen LogP contribution in [0.4, 0.5) is 5.69 Å². The molecule has 0 radical (unpaired) electrons. The van der Waals surface area contributed by atoms with Crippen molar-refractivity contribution in [1.29, 1.82) is 0 Å². The number of hydrogen-bond donors (Lipinski definition) is 1. The molecule has 1 N–H and O–H groups in total. The van der Waals surface area contributed by atoms with E-state index in [2.05, 4.69) is 37.9 Å². The number of aromatic amines is 1. The highest BCUT2D eigenvalue weighted by Crippen LogP contribution is 2.36. The van der Waals surface area contributed by atoms with Gasteiger partial charge < -0.3 is 14.8 Å². The van der Waals surface area contributed by atoms with Crippen LogP contribution in [-0.4, -0.2) is 58.1 Å². The maximum atomic E-state index is 4.88. The molecule has 0 atom stereocenters. The standard InChI is InChI=1S/C18H18N6/c1-23-6-8-24(9-7-23)18-13-3-5-20-11-15(13)21-16-12-2-4-19-10-14(12)22-17(16)18/h2-5,10-11,22H,6-9H2,1H3. The molecule has 4 aromatic rings. The Morgan fingerprint density at radius 2 is 1.71 bits per heavy atom. The Balaban J connectivity index is 1.86. The number of fused-ring (bicyclic) bond motifs is 4. The van der Waals surface area contributed by atoms with Crippen molar-refractivity contribution in [3.8, 4) is 0 Å². The van der Waals surface area contributed by atoms with Gasteiger partial charge in [0, 0.05) is 49.3 Å². The molecule has 0 aliphatic carbocycles. The first-order valence-electron chi connectivity index (χ1n) is 8.24. The van der Waals surface area contributed by atoms with E-state index in [4.69, 9.17) is 4.98 Å². The average Bonchev–Trinajstić information content (AvgIpc) is 2.99. The Morgan fingerprint density at radius 1 is 0.958 bits per heavy atom. The van der Waals surface area contributed by atoms with Gasteiger partial charge in [0.15, 0.2) is 0 Å². The molecule has 6 nitrogen and oxygen atoms in total. The second-order valence-corrected chi connectivity index (χ2v) is 6.41. The SMILES string of the molecule is CN1CCN(c2c3ccncc3nc3c2[nH]c2cnccc23)CC1. The van der Waals surface area contributed by atoms with E-state index in [9.17, 15) is 0 Å². The van der Waals surface area contributed by atoms with E-state index >= 15 is 0 Å². The molecule has 0 unspecified atom stereocenters. The molecule has 1 saturated heterocycles. The number of aromatic nitrogens is 4. The van der Waals surface area contributed by atoms with Crippen LogP contribution in [0.1, 0.15) is 0 Å². The largest absolute Gasteiger partial charge is 0.367 e. The molecule has 0 spiro atoms. The molecule has 1 aliphatic rings. The molecular weight excluding hydrogens is 300 g/mol. The van der Waals surface area contributed by atoms with Crippen LogP contribution in [0.25, 0.3) is 32.8 Å². The maximum Gasteiger partial charge on any atom is 0.0988 e. The molecule has 1 fully saturated rings. The first-order chi connectivity index (χ1) is 11.8. The first kappa shape index (κ1) is 13.7. The zero-order chi connectivity index (χ0) is 16.1. The number of piperazine rings is 1. The zero-order valence-electron chi connectivity index (χ0n) is 13.5. The summed E-state index contributed by atoms with van der Waals surface area (Å²) in [5.74, 6) is 0. The number of rotatable bonds is 1. The number of H-pyrrole nitrogens is 1. The Bertz CT molecular complexity index is 1050. The quantitative estimate of drug-likeness (QED) is 0.584. The van der Waals surface area contributed by atoms with E-state index in [0.717, 1.165) is 59.0 Å². The summed E-state index contributed by atoms with van der Waals surface area (Å²) in [6.45, 7) is 4.16. The molecule has 24 heavy (non-hydrogen) atoms. The van der Waals surface area contributed by atoms with E-state index in [1.807, 2.05) is 30.9 Å². The molecule has 0 aromatic carbocycles. The van der Waals surface area contributed by atoms with Crippen LogP contribution in [0.3, 0.4) is 0 Å². The Hall–Kier alpha value is -2.73. The fourth-order valence-electron chi connectivity index (χ4n) is 3.61. The molecule has 1 aliphatic heterocycles. The van der Waals surface area contributed by atoms with Crippen molar-refractivity contribution < 1.29 is 0 Å². The molecular formula is C18H18N6. The van der Waals surface area contributed by atoms with E-state index in [1.54, 1.807) is 0 Å².